The standard InChI is InChI=1S/C14H18ClN3O/c1-10-12(9-17-18(10)2)8-16-7-11-4-5-14(19-3)13(15)6-11/h4-6,9,16H,7-8H2,1-3H3. The average molecular weight is 280 g/mol. The predicted molar refractivity (Wildman–Crippen MR) is 76.5 cm³/mol. The van der Waals surface area contributed by atoms with Gasteiger partial charge < -0.3 is 10.1 Å². The lowest BCUT2D eigenvalue weighted by Gasteiger charge is -2.07. The van der Waals surface area contributed by atoms with Crippen LogP contribution in [0.4, 0.5) is 0 Å². The Morgan fingerprint density at radius 2 is 2.16 bits per heavy atom. The molecule has 1 aromatic carbocycles. The highest BCUT2D eigenvalue weighted by atomic mass is 35.5. The van der Waals surface area contributed by atoms with E-state index in [-0.39, 0.29) is 0 Å². The summed E-state index contributed by atoms with van der Waals surface area (Å²) in [6.45, 7) is 3.62. The number of hydrogen-bond donors (Lipinski definition) is 1. The third kappa shape index (κ3) is 3.28. The Balaban J connectivity index is 1.92. The molecule has 1 N–H and O–H groups in total. The molecule has 1 aromatic heterocycles. The second kappa shape index (κ2) is 6.08. The van der Waals surface area contributed by atoms with Gasteiger partial charge in [-0.15, -0.1) is 0 Å². The summed E-state index contributed by atoms with van der Waals surface area (Å²) < 4.78 is 7.01. The predicted octanol–water partition coefficient (Wildman–Crippen LogP) is 2.68. The quantitative estimate of drug-likeness (QED) is 0.915. The number of methoxy groups -OCH3 is 1. The molecular formula is C14H18ClN3O. The van der Waals surface area contributed by atoms with Crippen LogP contribution in [-0.4, -0.2) is 16.9 Å². The number of halogens is 1. The molecule has 5 heteroatoms. The van der Waals surface area contributed by atoms with E-state index in [1.165, 1.54) is 11.3 Å². The number of ether oxygens (including phenoxy) is 1. The van der Waals surface area contributed by atoms with Crippen LogP contribution >= 0.6 is 11.6 Å². The van der Waals surface area contributed by atoms with Gasteiger partial charge in [-0.2, -0.15) is 5.10 Å². The van der Waals surface area contributed by atoms with Gasteiger partial charge in [-0.25, -0.2) is 0 Å². The summed E-state index contributed by atoms with van der Waals surface area (Å²) in [6, 6.07) is 5.81. The van der Waals surface area contributed by atoms with Gasteiger partial charge in [0.2, 0.25) is 0 Å². The number of rotatable bonds is 5. The van der Waals surface area contributed by atoms with Crippen LogP contribution in [0.15, 0.2) is 24.4 Å². The van der Waals surface area contributed by atoms with E-state index in [1.807, 2.05) is 36.1 Å². The summed E-state index contributed by atoms with van der Waals surface area (Å²) >= 11 is 6.09. The Bertz CT molecular complexity index is 566. The van der Waals surface area contributed by atoms with Crippen LogP contribution in [0, 0.1) is 6.92 Å². The van der Waals surface area contributed by atoms with Crippen molar-refractivity contribution in [1.82, 2.24) is 15.1 Å². The van der Waals surface area contributed by atoms with E-state index < -0.39 is 0 Å². The minimum Gasteiger partial charge on any atom is -0.495 e. The summed E-state index contributed by atoms with van der Waals surface area (Å²) in [5, 5.41) is 8.24. The molecule has 4 nitrogen and oxygen atoms in total. The zero-order valence-corrected chi connectivity index (χ0v) is 12.2. The first-order valence-corrected chi connectivity index (χ1v) is 6.50. The third-order valence-electron chi connectivity index (χ3n) is 3.20. The van der Waals surface area contributed by atoms with Gasteiger partial charge in [-0.3, -0.25) is 4.68 Å². The number of aromatic nitrogens is 2. The molecule has 0 unspecified atom stereocenters. The molecule has 0 saturated carbocycles. The summed E-state index contributed by atoms with van der Waals surface area (Å²) in [4.78, 5) is 0. The second-order valence-corrected chi connectivity index (χ2v) is 4.86. The maximum absolute atomic E-state index is 6.09. The van der Waals surface area contributed by atoms with Crippen LogP contribution in [0.2, 0.25) is 5.02 Å². The average Bonchev–Trinajstić information content (AvgIpc) is 2.71. The zero-order chi connectivity index (χ0) is 13.8. The van der Waals surface area contributed by atoms with Crippen molar-refractivity contribution in [3.8, 4) is 5.75 Å². The largest absolute Gasteiger partial charge is 0.495 e. The molecule has 2 aromatic rings. The van der Waals surface area contributed by atoms with Crippen LogP contribution < -0.4 is 10.1 Å². The lowest BCUT2D eigenvalue weighted by molar-refractivity contribution is 0.415. The van der Waals surface area contributed by atoms with Crippen molar-refractivity contribution < 1.29 is 4.74 Å². The van der Waals surface area contributed by atoms with Gasteiger partial charge in [0.15, 0.2) is 0 Å². The van der Waals surface area contributed by atoms with E-state index in [0.717, 1.165) is 18.7 Å². The number of benzene rings is 1. The van der Waals surface area contributed by atoms with Crippen molar-refractivity contribution in [1.29, 1.82) is 0 Å². The van der Waals surface area contributed by atoms with Gasteiger partial charge in [0.05, 0.1) is 18.3 Å². The van der Waals surface area contributed by atoms with Crippen molar-refractivity contribution in [2.75, 3.05) is 7.11 Å². The first-order valence-electron chi connectivity index (χ1n) is 6.12. The van der Waals surface area contributed by atoms with E-state index in [4.69, 9.17) is 16.3 Å². The van der Waals surface area contributed by atoms with E-state index in [2.05, 4.69) is 17.3 Å². The Labute approximate surface area is 118 Å². The summed E-state index contributed by atoms with van der Waals surface area (Å²) in [5.74, 6) is 0.702. The van der Waals surface area contributed by atoms with Gasteiger partial charge in [0.1, 0.15) is 5.75 Å². The molecule has 0 amide bonds. The lowest BCUT2D eigenvalue weighted by atomic mass is 10.2. The van der Waals surface area contributed by atoms with Crippen LogP contribution in [0.3, 0.4) is 0 Å². The Hall–Kier alpha value is -1.52. The maximum atomic E-state index is 6.09. The van der Waals surface area contributed by atoms with E-state index >= 15 is 0 Å². The van der Waals surface area contributed by atoms with Crippen LogP contribution in [0.1, 0.15) is 16.8 Å². The topological polar surface area (TPSA) is 39.1 Å². The molecule has 0 atom stereocenters. The molecule has 0 aliphatic carbocycles. The van der Waals surface area contributed by atoms with E-state index in [0.29, 0.717) is 10.8 Å². The van der Waals surface area contributed by atoms with Crippen molar-refractivity contribution in [3.05, 3.63) is 46.2 Å². The zero-order valence-electron chi connectivity index (χ0n) is 11.4. The molecule has 0 aliphatic rings. The molecule has 0 aliphatic heterocycles. The van der Waals surface area contributed by atoms with Crippen molar-refractivity contribution in [2.24, 2.45) is 7.05 Å². The smallest absolute Gasteiger partial charge is 0.137 e. The minimum atomic E-state index is 0.638. The number of nitrogens with one attached hydrogen (secondary N) is 1. The van der Waals surface area contributed by atoms with Crippen molar-refractivity contribution in [2.45, 2.75) is 20.0 Å². The Morgan fingerprint density at radius 3 is 2.74 bits per heavy atom. The molecule has 102 valence electrons. The summed E-state index contributed by atoms with van der Waals surface area (Å²) in [7, 11) is 3.56. The van der Waals surface area contributed by atoms with Gasteiger partial charge in [0, 0.05) is 31.4 Å². The molecular weight excluding hydrogens is 262 g/mol. The van der Waals surface area contributed by atoms with Gasteiger partial charge in [-0.1, -0.05) is 17.7 Å². The molecule has 1 heterocycles. The highest BCUT2D eigenvalue weighted by Gasteiger charge is 2.04. The van der Waals surface area contributed by atoms with E-state index in [9.17, 15) is 0 Å². The monoisotopic (exact) mass is 279 g/mol. The fourth-order valence-electron chi connectivity index (χ4n) is 1.88. The van der Waals surface area contributed by atoms with Gasteiger partial charge >= 0.3 is 0 Å². The summed E-state index contributed by atoms with van der Waals surface area (Å²) in [5.41, 5.74) is 3.52. The number of nitrogens with zero attached hydrogens (tertiary/aromatic N) is 2. The van der Waals surface area contributed by atoms with Gasteiger partial charge in [-0.05, 0) is 24.6 Å². The molecule has 0 fully saturated rings. The Kier molecular flexibility index (Phi) is 4.45. The van der Waals surface area contributed by atoms with Crippen molar-refractivity contribution in [3.63, 3.8) is 0 Å². The molecule has 19 heavy (non-hydrogen) atoms. The molecule has 2 rings (SSSR count). The fourth-order valence-corrected chi connectivity index (χ4v) is 2.16. The molecule has 0 saturated heterocycles. The number of hydrogen-bond acceptors (Lipinski definition) is 3. The number of aryl methyl sites for hydroxylation is 1. The summed E-state index contributed by atoms with van der Waals surface area (Å²) in [6.07, 6.45) is 1.89. The second-order valence-electron chi connectivity index (χ2n) is 4.45. The van der Waals surface area contributed by atoms with Crippen LogP contribution in [-0.2, 0) is 20.1 Å². The highest BCUT2D eigenvalue weighted by molar-refractivity contribution is 6.32. The fraction of sp³-hybridized carbons (Fsp3) is 0.357. The van der Waals surface area contributed by atoms with Crippen molar-refractivity contribution >= 4 is 11.6 Å². The third-order valence-corrected chi connectivity index (χ3v) is 3.49. The van der Waals surface area contributed by atoms with Crippen LogP contribution in [0.25, 0.3) is 0 Å². The first kappa shape index (κ1) is 13.9. The minimum absolute atomic E-state index is 0.638. The highest BCUT2D eigenvalue weighted by Crippen LogP contribution is 2.24. The SMILES string of the molecule is COc1ccc(CNCc2cnn(C)c2C)cc1Cl. The Morgan fingerprint density at radius 1 is 1.37 bits per heavy atom. The lowest BCUT2D eigenvalue weighted by Crippen LogP contribution is -2.13. The molecule has 0 radical (unpaired) electrons. The maximum Gasteiger partial charge on any atom is 0.137 e. The van der Waals surface area contributed by atoms with Gasteiger partial charge in [0.25, 0.3) is 0 Å². The first-order chi connectivity index (χ1) is 9.11. The molecule has 0 spiro atoms. The normalized spacial score (nSPS) is 10.7. The van der Waals surface area contributed by atoms with Crippen LogP contribution in [0.5, 0.6) is 5.75 Å². The molecule has 0 bridgehead atoms. The van der Waals surface area contributed by atoms with E-state index in [1.54, 1.807) is 7.11 Å².